The average molecular weight is 316 g/mol. The number of nitrogens with one attached hydrogen (secondary N) is 1. The van der Waals surface area contributed by atoms with Crippen LogP contribution < -0.4 is 11.1 Å². The highest BCUT2D eigenvalue weighted by atomic mass is 32.2. The molecule has 3 N–H and O–H groups in total. The van der Waals surface area contributed by atoms with Gasteiger partial charge in [0.05, 0.1) is 5.54 Å². The minimum atomic E-state index is -0.571. The molecule has 1 rings (SSSR count). The van der Waals surface area contributed by atoms with E-state index in [9.17, 15) is 4.79 Å². The number of hydrogen-bond acceptors (Lipinski definition) is 5. The molecule has 0 radical (unpaired) electrons. The van der Waals surface area contributed by atoms with Crippen molar-refractivity contribution in [3.05, 3.63) is 11.1 Å². The van der Waals surface area contributed by atoms with Crippen molar-refractivity contribution in [3.8, 4) is 0 Å². The Morgan fingerprint density at radius 1 is 1.55 bits per heavy atom. The molecule has 1 aromatic heterocycles. The molecule has 0 saturated heterocycles. The number of thioether (sulfide) groups is 1. The molecule has 0 aliphatic rings. The lowest BCUT2D eigenvalue weighted by Gasteiger charge is -2.27. The van der Waals surface area contributed by atoms with Crippen LogP contribution in [0.1, 0.15) is 45.2 Å². The number of primary amides is 1. The molecule has 1 heterocycles. The summed E-state index contributed by atoms with van der Waals surface area (Å²) in [5.41, 5.74) is 6.02. The monoisotopic (exact) mass is 315 g/mol. The van der Waals surface area contributed by atoms with Crippen LogP contribution in [0, 0.1) is 6.92 Å². The fourth-order valence-electron chi connectivity index (χ4n) is 1.84. The molecule has 1 aromatic rings. The van der Waals surface area contributed by atoms with E-state index < -0.39 is 5.54 Å². The normalized spacial score (nSPS) is 14.2. The van der Waals surface area contributed by atoms with Crippen LogP contribution in [0.5, 0.6) is 0 Å². The van der Waals surface area contributed by atoms with Crippen LogP contribution in [0.15, 0.2) is 9.72 Å². The number of thiazole rings is 1. The Morgan fingerprint density at radius 3 is 2.85 bits per heavy atom. The van der Waals surface area contributed by atoms with Gasteiger partial charge in [0.25, 0.3) is 0 Å². The van der Waals surface area contributed by atoms with Crippen LogP contribution in [-0.4, -0.2) is 28.7 Å². The summed E-state index contributed by atoms with van der Waals surface area (Å²) in [6, 6.07) is 0. The molecular weight excluding hydrogens is 290 g/mol. The number of aromatic nitrogens is 1. The Bertz CT molecular complexity index is 422. The minimum Gasteiger partial charge on any atom is -0.368 e. The molecule has 0 aromatic carbocycles. The molecule has 0 spiro atoms. The summed E-state index contributed by atoms with van der Waals surface area (Å²) in [4.78, 5) is 16.0. The molecule has 0 aliphatic heterocycles. The van der Waals surface area contributed by atoms with Crippen molar-refractivity contribution in [2.24, 2.45) is 5.73 Å². The Hall–Kier alpha value is -0.590. The van der Waals surface area contributed by atoms with Crippen molar-refractivity contribution in [1.29, 1.82) is 0 Å². The van der Waals surface area contributed by atoms with Crippen LogP contribution in [0.2, 0.25) is 0 Å². The lowest BCUT2D eigenvalue weighted by atomic mass is 9.94. The summed E-state index contributed by atoms with van der Waals surface area (Å²) >= 11 is 3.48. The Balaban J connectivity index is 2.25. The van der Waals surface area contributed by atoms with Gasteiger partial charge in [-0.05, 0) is 39.7 Å². The number of carbonyl (C=O) groups excluding carboxylic acids is 1. The van der Waals surface area contributed by atoms with Crippen LogP contribution in [-0.2, 0) is 4.79 Å². The first kappa shape index (κ1) is 17.5. The van der Waals surface area contributed by atoms with Gasteiger partial charge in [-0.3, -0.25) is 4.79 Å². The largest absolute Gasteiger partial charge is 0.368 e. The van der Waals surface area contributed by atoms with Gasteiger partial charge >= 0.3 is 0 Å². The van der Waals surface area contributed by atoms with Gasteiger partial charge < -0.3 is 11.1 Å². The molecule has 1 amide bonds. The van der Waals surface area contributed by atoms with Crippen molar-refractivity contribution in [2.75, 3.05) is 12.3 Å². The second-order valence-electron chi connectivity index (χ2n) is 5.18. The van der Waals surface area contributed by atoms with Gasteiger partial charge in [0.15, 0.2) is 0 Å². The Morgan fingerprint density at radius 2 is 2.30 bits per heavy atom. The van der Waals surface area contributed by atoms with Crippen LogP contribution >= 0.6 is 23.1 Å². The summed E-state index contributed by atoms with van der Waals surface area (Å²) in [6.07, 6.45) is 3.86. The highest BCUT2D eigenvalue weighted by Gasteiger charge is 2.29. The zero-order chi connectivity index (χ0) is 15.0. The number of nitrogens with zero attached hydrogens (tertiary/aromatic N) is 1. The van der Waals surface area contributed by atoms with Gasteiger partial charge in [-0.2, -0.15) is 0 Å². The average Bonchev–Trinajstić information content (AvgIpc) is 2.81. The van der Waals surface area contributed by atoms with E-state index in [2.05, 4.69) is 22.6 Å². The highest BCUT2D eigenvalue weighted by Crippen LogP contribution is 2.24. The van der Waals surface area contributed by atoms with E-state index in [1.807, 2.05) is 13.8 Å². The van der Waals surface area contributed by atoms with Crippen LogP contribution in [0.4, 0.5) is 0 Å². The van der Waals surface area contributed by atoms with Gasteiger partial charge in [0.1, 0.15) is 4.34 Å². The first-order valence-corrected chi connectivity index (χ1v) is 8.94. The highest BCUT2D eigenvalue weighted by molar-refractivity contribution is 8.00. The maximum Gasteiger partial charge on any atom is 0.237 e. The van der Waals surface area contributed by atoms with Crippen LogP contribution in [0.25, 0.3) is 0 Å². The summed E-state index contributed by atoms with van der Waals surface area (Å²) in [7, 11) is 0. The lowest BCUT2D eigenvalue weighted by molar-refractivity contribution is -0.124. The number of aryl methyl sites for hydroxylation is 1. The molecule has 6 heteroatoms. The van der Waals surface area contributed by atoms with Gasteiger partial charge in [-0.25, -0.2) is 4.98 Å². The molecule has 20 heavy (non-hydrogen) atoms. The third kappa shape index (κ3) is 5.81. The Kier molecular flexibility index (Phi) is 7.55. The van der Waals surface area contributed by atoms with E-state index in [-0.39, 0.29) is 5.91 Å². The Labute approximate surface area is 129 Å². The summed E-state index contributed by atoms with van der Waals surface area (Å²) in [5, 5.41) is 5.34. The lowest BCUT2D eigenvalue weighted by Crippen LogP contribution is -2.53. The number of nitrogens with two attached hydrogens (primary N) is 1. The molecule has 0 fully saturated rings. The van der Waals surface area contributed by atoms with E-state index >= 15 is 0 Å². The second kappa shape index (κ2) is 8.64. The third-order valence-electron chi connectivity index (χ3n) is 3.20. The summed E-state index contributed by atoms with van der Waals surface area (Å²) < 4.78 is 1.13. The molecular formula is C14H25N3OS2. The summed E-state index contributed by atoms with van der Waals surface area (Å²) in [5.74, 6) is 0.782. The zero-order valence-electron chi connectivity index (χ0n) is 12.6. The number of rotatable bonds is 10. The van der Waals surface area contributed by atoms with E-state index in [1.54, 1.807) is 23.1 Å². The molecule has 4 nitrogen and oxygen atoms in total. The fourth-order valence-corrected chi connectivity index (χ4v) is 3.76. The van der Waals surface area contributed by atoms with Gasteiger partial charge in [0.2, 0.25) is 5.91 Å². The van der Waals surface area contributed by atoms with E-state index in [0.717, 1.165) is 48.0 Å². The van der Waals surface area contributed by atoms with Crippen molar-refractivity contribution in [1.82, 2.24) is 10.3 Å². The fraction of sp³-hybridized carbons (Fsp3) is 0.714. The molecule has 1 atom stereocenters. The number of carbonyl (C=O) groups is 1. The molecule has 1 unspecified atom stereocenters. The van der Waals surface area contributed by atoms with Crippen molar-refractivity contribution >= 4 is 29.0 Å². The maximum atomic E-state index is 11.6. The summed E-state index contributed by atoms with van der Waals surface area (Å²) in [6.45, 7) is 6.83. The topological polar surface area (TPSA) is 68.0 Å². The predicted molar refractivity (Wildman–Crippen MR) is 87.3 cm³/mol. The maximum absolute atomic E-state index is 11.6. The van der Waals surface area contributed by atoms with Crippen LogP contribution in [0.3, 0.4) is 0 Å². The van der Waals surface area contributed by atoms with Crippen molar-refractivity contribution < 1.29 is 4.79 Å². The third-order valence-corrected chi connectivity index (χ3v) is 5.43. The smallest absolute Gasteiger partial charge is 0.237 e. The minimum absolute atomic E-state index is 0.255. The molecule has 0 saturated carbocycles. The first-order chi connectivity index (χ1) is 9.48. The molecule has 0 aliphatic carbocycles. The van der Waals surface area contributed by atoms with Gasteiger partial charge in [0, 0.05) is 16.8 Å². The molecule has 0 bridgehead atoms. The van der Waals surface area contributed by atoms with Crippen molar-refractivity contribution in [3.63, 3.8) is 0 Å². The van der Waals surface area contributed by atoms with Crippen molar-refractivity contribution in [2.45, 2.75) is 56.3 Å². The first-order valence-electron chi connectivity index (χ1n) is 7.08. The van der Waals surface area contributed by atoms with Gasteiger partial charge in [-0.1, -0.05) is 25.1 Å². The number of unbranched alkanes of at least 4 members (excludes halogenated alkanes) is 1. The standard InChI is InChI=1S/C14H25N3OS2/c1-4-8-16-14(3,12(15)18)7-5-6-9-19-13-17-11(2)10-20-13/h10,16H,4-9H2,1-3H3,(H2,15,18). The van der Waals surface area contributed by atoms with Gasteiger partial charge in [-0.15, -0.1) is 11.3 Å². The second-order valence-corrected chi connectivity index (χ2v) is 7.38. The van der Waals surface area contributed by atoms with E-state index in [4.69, 9.17) is 5.73 Å². The number of amides is 1. The predicted octanol–water partition coefficient (Wildman–Crippen LogP) is 2.96. The quantitative estimate of drug-likeness (QED) is 0.514. The SMILES string of the molecule is CCCNC(C)(CCCCSc1nc(C)cs1)C(N)=O. The molecule has 114 valence electrons. The van der Waals surface area contributed by atoms with E-state index in [0.29, 0.717) is 0 Å². The van der Waals surface area contributed by atoms with E-state index in [1.165, 1.54) is 0 Å². The number of hydrogen-bond donors (Lipinski definition) is 2. The zero-order valence-corrected chi connectivity index (χ0v) is 14.2.